The Morgan fingerprint density at radius 3 is 2.36 bits per heavy atom. The van der Waals surface area contributed by atoms with Crippen molar-refractivity contribution < 1.29 is 22.5 Å². The lowest BCUT2D eigenvalue weighted by molar-refractivity contribution is -0.152. The number of anilines is 1. The fourth-order valence-electron chi connectivity index (χ4n) is 3.63. The number of carbonyl (C=O) groups is 1. The number of rotatable bonds is 6. The predicted molar refractivity (Wildman–Crippen MR) is 139 cm³/mol. The lowest BCUT2D eigenvalue weighted by Gasteiger charge is -2.27. The van der Waals surface area contributed by atoms with E-state index in [0.29, 0.717) is 22.7 Å². The first kappa shape index (κ1) is 25.9. The van der Waals surface area contributed by atoms with E-state index < -0.39 is 28.1 Å². The van der Waals surface area contributed by atoms with Crippen LogP contribution in [0.3, 0.4) is 0 Å². The second-order valence-corrected chi connectivity index (χ2v) is 11.8. The molecule has 4 rings (SSSR count). The van der Waals surface area contributed by atoms with E-state index in [-0.39, 0.29) is 20.6 Å². The van der Waals surface area contributed by atoms with E-state index in [1.807, 2.05) is 12.1 Å². The van der Waals surface area contributed by atoms with E-state index in [4.69, 9.17) is 32.5 Å². The normalized spacial score (nSPS) is 12.1. The van der Waals surface area contributed by atoms with Crippen molar-refractivity contribution in [1.82, 2.24) is 10.1 Å². The largest absolute Gasteiger partial charge is 0.459 e. The molecular formula is C25H23Cl2N3O5S. The first-order valence-corrected chi connectivity index (χ1v) is 13.1. The first-order valence-electron chi connectivity index (χ1n) is 10.9. The van der Waals surface area contributed by atoms with E-state index in [1.165, 1.54) is 18.2 Å². The Labute approximate surface area is 218 Å². The minimum atomic E-state index is -4.25. The second-order valence-electron chi connectivity index (χ2n) is 9.06. The van der Waals surface area contributed by atoms with Gasteiger partial charge in [-0.25, -0.2) is 8.42 Å². The maximum absolute atomic E-state index is 13.7. The van der Waals surface area contributed by atoms with E-state index in [1.54, 1.807) is 52.0 Å². The van der Waals surface area contributed by atoms with Gasteiger partial charge in [0, 0.05) is 15.6 Å². The number of sulfonamides is 1. The zero-order valence-corrected chi connectivity index (χ0v) is 22.3. The first-order chi connectivity index (χ1) is 16.8. The van der Waals surface area contributed by atoms with Gasteiger partial charge in [-0.15, -0.1) is 0 Å². The van der Waals surface area contributed by atoms with Crippen molar-refractivity contribution in [3.63, 3.8) is 0 Å². The standard InChI is InChI=1S/C25H23Cl2N3O5S/c1-15-28-24(35-29-15)22-7-5-6-16-10-19(8-9-21(16)22)30(14-23(31)34-25(2,3)4)36(32,33)20-12-17(26)11-18(27)13-20/h5-13H,14H2,1-4H3. The molecule has 8 nitrogen and oxygen atoms in total. The molecule has 0 aliphatic carbocycles. The van der Waals surface area contributed by atoms with Crippen LogP contribution in [0.1, 0.15) is 26.6 Å². The van der Waals surface area contributed by atoms with Gasteiger partial charge in [-0.1, -0.05) is 46.6 Å². The highest BCUT2D eigenvalue weighted by Gasteiger charge is 2.30. The SMILES string of the molecule is Cc1noc(-c2cccc3cc(N(CC(=O)OC(C)(C)C)S(=O)(=O)c4cc(Cl)cc(Cl)c4)ccc23)n1. The Balaban J connectivity index is 1.84. The molecule has 0 fully saturated rings. The minimum absolute atomic E-state index is 0.149. The molecule has 11 heteroatoms. The Hall–Kier alpha value is -3.14. The number of ether oxygens (including phenoxy) is 1. The molecule has 0 saturated carbocycles. The summed E-state index contributed by atoms with van der Waals surface area (Å²) in [6.07, 6.45) is 0. The number of hydrogen-bond donors (Lipinski definition) is 0. The van der Waals surface area contributed by atoms with Crippen LogP contribution in [0.2, 0.25) is 10.0 Å². The molecule has 0 bridgehead atoms. The lowest BCUT2D eigenvalue weighted by atomic mass is 10.0. The predicted octanol–water partition coefficient (Wildman–Crippen LogP) is 6.04. The number of carbonyl (C=O) groups excluding carboxylic acids is 1. The molecule has 0 spiro atoms. The lowest BCUT2D eigenvalue weighted by Crippen LogP contribution is -2.39. The molecule has 0 amide bonds. The minimum Gasteiger partial charge on any atom is -0.459 e. The molecule has 36 heavy (non-hydrogen) atoms. The molecule has 0 atom stereocenters. The number of benzene rings is 3. The number of aryl methyl sites for hydroxylation is 1. The molecular weight excluding hydrogens is 525 g/mol. The van der Waals surface area contributed by atoms with Crippen molar-refractivity contribution in [3.8, 4) is 11.5 Å². The van der Waals surface area contributed by atoms with Crippen LogP contribution in [0.25, 0.3) is 22.2 Å². The molecule has 0 N–H and O–H groups in total. The second kappa shape index (κ2) is 9.72. The van der Waals surface area contributed by atoms with Crippen LogP contribution >= 0.6 is 23.2 Å². The van der Waals surface area contributed by atoms with Crippen LogP contribution in [-0.4, -0.2) is 36.7 Å². The number of fused-ring (bicyclic) bond motifs is 1. The fraction of sp³-hybridized carbons (Fsp3) is 0.240. The molecule has 1 aromatic heterocycles. The highest BCUT2D eigenvalue weighted by atomic mass is 35.5. The number of hydrogen-bond acceptors (Lipinski definition) is 7. The highest BCUT2D eigenvalue weighted by molar-refractivity contribution is 7.92. The van der Waals surface area contributed by atoms with Crippen LogP contribution in [0.15, 0.2) is 64.0 Å². The monoisotopic (exact) mass is 547 g/mol. The highest BCUT2D eigenvalue weighted by Crippen LogP contribution is 2.33. The van der Waals surface area contributed by atoms with Crippen LogP contribution in [-0.2, 0) is 19.6 Å². The van der Waals surface area contributed by atoms with Crippen molar-refractivity contribution in [2.24, 2.45) is 0 Å². The zero-order chi connectivity index (χ0) is 26.3. The summed E-state index contributed by atoms with van der Waals surface area (Å²) in [5.74, 6) is 0.125. The van der Waals surface area contributed by atoms with Gasteiger partial charge < -0.3 is 9.26 Å². The summed E-state index contributed by atoms with van der Waals surface area (Å²) in [7, 11) is -4.25. The Morgan fingerprint density at radius 1 is 1.06 bits per heavy atom. The van der Waals surface area contributed by atoms with Crippen LogP contribution in [0.5, 0.6) is 0 Å². The number of aromatic nitrogens is 2. The zero-order valence-electron chi connectivity index (χ0n) is 20.0. The van der Waals surface area contributed by atoms with Crippen molar-refractivity contribution in [3.05, 3.63) is 70.5 Å². The summed E-state index contributed by atoms with van der Waals surface area (Å²) < 4.78 is 39.2. The number of nitrogens with zero attached hydrogens (tertiary/aromatic N) is 3. The molecule has 0 aliphatic heterocycles. The van der Waals surface area contributed by atoms with Gasteiger partial charge in [0.1, 0.15) is 12.1 Å². The summed E-state index contributed by atoms with van der Waals surface area (Å²) in [6.45, 7) is 6.28. The Kier molecular flexibility index (Phi) is 7.01. The molecule has 0 aliphatic rings. The molecule has 1 heterocycles. The van der Waals surface area contributed by atoms with Gasteiger partial charge >= 0.3 is 5.97 Å². The van der Waals surface area contributed by atoms with Gasteiger partial charge in [0.2, 0.25) is 0 Å². The fourth-order valence-corrected chi connectivity index (χ4v) is 5.76. The van der Waals surface area contributed by atoms with Gasteiger partial charge in [0.25, 0.3) is 15.9 Å². The number of esters is 1. The Morgan fingerprint density at radius 2 is 1.75 bits per heavy atom. The van der Waals surface area contributed by atoms with Crippen molar-refractivity contribution >= 4 is 55.7 Å². The molecule has 0 unspecified atom stereocenters. The summed E-state index contributed by atoms with van der Waals surface area (Å²) in [5.41, 5.74) is 0.151. The summed E-state index contributed by atoms with van der Waals surface area (Å²) >= 11 is 12.2. The summed E-state index contributed by atoms with van der Waals surface area (Å²) in [4.78, 5) is 16.9. The third-order valence-corrected chi connectivity index (χ3v) is 7.21. The molecule has 0 radical (unpaired) electrons. The van der Waals surface area contributed by atoms with Gasteiger partial charge in [-0.2, -0.15) is 4.98 Å². The van der Waals surface area contributed by atoms with Gasteiger partial charge in [0.15, 0.2) is 5.82 Å². The van der Waals surface area contributed by atoms with E-state index in [0.717, 1.165) is 9.69 Å². The third kappa shape index (κ3) is 5.64. The van der Waals surface area contributed by atoms with Crippen LogP contribution < -0.4 is 4.31 Å². The molecule has 188 valence electrons. The summed E-state index contributed by atoms with van der Waals surface area (Å²) in [6, 6.07) is 14.4. The maximum atomic E-state index is 13.7. The average Bonchev–Trinajstić information content (AvgIpc) is 3.21. The van der Waals surface area contributed by atoms with E-state index in [9.17, 15) is 13.2 Å². The summed E-state index contributed by atoms with van der Waals surface area (Å²) in [5, 5.41) is 5.61. The average molecular weight is 548 g/mol. The Bertz CT molecular complexity index is 1540. The smallest absolute Gasteiger partial charge is 0.327 e. The van der Waals surface area contributed by atoms with Gasteiger partial charge in [-0.05, 0) is 74.9 Å². The van der Waals surface area contributed by atoms with Crippen molar-refractivity contribution in [2.45, 2.75) is 38.2 Å². The quantitative estimate of drug-likeness (QED) is 0.271. The topological polar surface area (TPSA) is 103 Å². The van der Waals surface area contributed by atoms with Crippen molar-refractivity contribution in [2.75, 3.05) is 10.8 Å². The van der Waals surface area contributed by atoms with Crippen molar-refractivity contribution in [1.29, 1.82) is 0 Å². The molecule has 3 aromatic carbocycles. The van der Waals surface area contributed by atoms with Gasteiger partial charge in [-0.3, -0.25) is 9.10 Å². The van der Waals surface area contributed by atoms with Crippen LogP contribution in [0, 0.1) is 6.92 Å². The number of halogens is 2. The third-order valence-electron chi connectivity index (χ3n) is 5.03. The van der Waals surface area contributed by atoms with E-state index >= 15 is 0 Å². The molecule has 0 saturated heterocycles. The van der Waals surface area contributed by atoms with Gasteiger partial charge in [0.05, 0.1) is 10.6 Å². The molecule has 4 aromatic rings. The van der Waals surface area contributed by atoms with Crippen LogP contribution in [0.4, 0.5) is 5.69 Å². The van der Waals surface area contributed by atoms with E-state index in [2.05, 4.69) is 10.1 Å². The maximum Gasteiger partial charge on any atom is 0.327 e.